The zero-order valence-corrected chi connectivity index (χ0v) is 12.6. The summed E-state index contributed by atoms with van der Waals surface area (Å²) in [4.78, 5) is 11.1. The van der Waals surface area contributed by atoms with Crippen molar-refractivity contribution in [3.8, 4) is 10.8 Å². The van der Waals surface area contributed by atoms with Gasteiger partial charge in [0.25, 0.3) is 0 Å². The van der Waals surface area contributed by atoms with Crippen LogP contribution in [0.25, 0.3) is 10.8 Å². The zero-order valence-electron chi connectivity index (χ0n) is 10.2. The molecule has 3 nitrogen and oxygen atoms in total. The molecule has 0 spiro atoms. The van der Waals surface area contributed by atoms with Crippen LogP contribution in [0.5, 0.6) is 10.8 Å². The van der Waals surface area contributed by atoms with Crippen molar-refractivity contribution in [2.24, 2.45) is 0 Å². The highest BCUT2D eigenvalue weighted by Gasteiger charge is 2.11. The minimum atomic E-state index is -0.942. The first-order valence-corrected chi connectivity index (χ1v) is 7.44. The van der Waals surface area contributed by atoms with Crippen LogP contribution in [0.2, 0.25) is 0 Å². The SMILES string of the molecule is O=C(O)c1ccc(Oc2ccc3ccccc3c2Br)s1. The molecule has 1 aromatic heterocycles. The van der Waals surface area contributed by atoms with E-state index in [0.717, 1.165) is 26.6 Å². The number of benzene rings is 2. The van der Waals surface area contributed by atoms with Crippen molar-refractivity contribution in [3.05, 3.63) is 57.9 Å². The second-order valence-electron chi connectivity index (χ2n) is 4.12. The van der Waals surface area contributed by atoms with E-state index in [0.29, 0.717) is 10.8 Å². The second-order valence-corrected chi connectivity index (χ2v) is 5.96. The average molecular weight is 349 g/mol. The Bertz CT molecular complexity index is 795. The topological polar surface area (TPSA) is 46.5 Å². The average Bonchev–Trinajstić information content (AvgIpc) is 2.91. The van der Waals surface area contributed by atoms with Crippen LogP contribution in [0.1, 0.15) is 9.67 Å². The van der Waals surface area contributed by atoms with Gasteiger partial charge in [0, 0.05) is 0 Å². The lowest BCUT2D eigenvalue weighted by Gasteiger charge is -2.08. The fourth-order valence-electron chi connectivity index (χ4n) is 1.89. The molecule has 100 valence electrons. The summed E-state index contributed by atoms with van der Waals surface area (Å²) in [5.41, 5.74) is 0. The Morgan fingerprint density at radius 2 is 1.90 bits per heavy atom. The maximum absolute atomic E-state index is 10.9. The molecular formula is C15H9BrO3S. The van der Waals surface area contributed by atoms with Gasteiger partial charge < -0.3 is 9.84 Å². The number of rotatable bonds is 3. The third-order valence-corrected chi connectivity index (χ3v) is 4.60. The lowest BCUT2D eigenvalue weighted by Crippen LogP contribution is -1.89. The summed E-state index contributed by atoms with van der Waals surface area (Å²) in [5.74, 6) is -0.273. The van der Waals surface area contributed by atoms with Gasteiger partial charge >= 0.3 is 5.97 Å². The van der Waals surface area contributed by atoms with Crippen molar-refractivity contribution >= 4 is 44.0 Å². The minimum Gasteiger partial charge on any atom is -0.477 e. The molecule has 0 bridgehead atoms. The Morgan fingerprint density at radius 1 is 1.10 bits per heavy atom. The van der Waals surface area contributed by atoms with Gasteiger partial charge in [-0.25, -0.2) is 4.79 Å². The molecule has 0 aliphatic carbocycles. The van der Waals surface area contributed by atoms with Gasteiger partial charge in [0.15, 0.2) is 5.06 Å². The molecule has 3 rings (SSSR count). The van der Waals surface area contributed by atoms with Crippen LogP contribution in [0.3, 0.4) is 0 Å². The van der Waals surface area contributed by atoms with Crippen molar-refractivity contribution in [1.29, 1.82) is 0 Å². The van der Waals surface area contributed by atoms with Crippen molar-refractivity contribution in [1.82, 2.24) is 0 Å². The molecule has 0 amide bonds. The van der Waals surface area contributed by atoms with Gasteiger partial charge in [-0.15, -0.1) is 0 Å². The molecule has 2 aromatic carbocycles. The summed E-state index contributed by atoms with van der Waals surface area (Å²) in [7, 11) is 0. The normalized spacial score (nSPS) is 10.7. The quantitative estimate of drug-likeness (QED) is 0.711. The number of halogens is 1. The number of aromatic carboxylic acids is 1. The molecule has 0 aliphatic heterocycles. The van der Waals surface area contributed by atoms with E-state index in [1.165, 1.54) is 6.07 Å². The van der Waals surface area contributed by atoms with Crippen molar-refractivity contribution in [2.75, 3.05) is 0 Å². The van der Waals surface area contributed by atoms with Crippen LogP contribution >= 0.6 is 27.3 Å². The van der Waals surface area contributed by atoms with Crippen LogP contribution in [0, 0.1) is 0 Å². The Morgan fingerprint density at radius 3 is 2.65 bits per heavy atom. The highest BCUT2D eigenvalue weighted by molar-refractivity contribution is 9.10. The number of thiophene rings is 1. The van der Waals surface area contributed by atoms with Crippen molar-refractivity contribution in [3.63, 3.8) is 0 Å². The van der Waals surface area contributed by atoms with E-state index in [4.69, 9.17) is 9.84 Å². The van der Waals surface area contributed by atoms with Crippen LogP contribution in [0.4, 0.5) is 0 Å². The Kier molecular flexibility index (Phi) is 3.46. The molecule has 0 aliphatic rings. The summed E-state index contributed by atoms with van der Waals surface area (Å²) >= 11 is 4.65. The summed E-state index contributed by atoms with van der Waals surface area (Å²) in [6.07, 6.45) is 0. The first-order valence-electron chi connectivity index (χ1n) is 5.83. The number of carboxylic acids is 1. The second kappa shape index (κ2) is 5.26. The first-order chi connectivity index (χ1) is 9.65. The molecular weight excluding hydrogens is 340 g/mol. The fraction of sp³-hybridized carbons (Fsp3) is 0. The van der Waals surface area contributed by atoms with Gasteiger partial charge in [0.1, 0.15) is 10.6 Å². The Balaban J connectivity index is 1.97. The third-order valence-electron chi connectivity index (χ3n) is 2.83. The maximum Gasteiger partial charge on any atom is 0.345 e. The largest absolute Gasteiger partial charge is 0.477 e. The molecule has 0 saturated carbocycles. The van der Waals surface area contributed by atoms with Gasteiger partial charge in [0.05, 0.1) is 4.47 Å². The lowest BCUT2D eigenvalue weighted by molar-refractivity contribution is 0.0702. The maximum atomic E-state index is 10.9. The molecule has 20 heavy (non-hydrogen) atoms. The molecule has 5 heteroatoms. The van der Waals surface area contributed by atoms with Crippen molar-refractivity contribution < 1.29 is 14.6 Å². The molecule has 0 unspecified atom stereocenters. The number of ether oxygens (including phenoxy) is 1. The minimum absolute atomic E-state index is 0.261. The van der Waals surface area contributed by atoms with Crippen LogP contribution in [-0.2, 0) is 0 Å². The molecule has 0 saturated heterocycles. The number of carbonyl (C=O) groups is 1. The van der Waals surface area contributed by atoms with Crippen LogP contribution in [-0.4, -0.2) is 11.1 Å². The fourth-order valence-corrected chi connectivity index (χ4v) is 3.17. The highest BCUT2D eigenvalue weighted by atomic mass is 79.9. The van der Waals surface area contributed by atoms with E-state index in [1.807, 2.05) is 36.4 Å². The lowest BCUT2D eigenvalue weighted by atomic mass is 10.1. The Labute approximate surface area is 127 Å². The van der Waals surface area contributed by atoms with E-state index >= 15 is 0 Å². The predicted octanol–water partition coefficient (Wildman–Crippen LogP) is 5.15. The number of carboxylic acid groups (broad SMARTS) is 1. The molecule has 1 N–H and O–H groups in total. The van der Waals surface area contributed by atoms with Gasteiger partial charge in [-0.05, 0) is 44.9 Å². The van der Waals surface area contributed by atoms with Gasteiger partial charge in [0.2, 0.25) is 0 Å². The van der Waals surface area contributed by atoms with E-state index in [-0.39, 0.29) is 4.88 Å². The number of hydrogen-bond acceptors (Lipinski definition) is 3. The standard InChI is InChI=1S/C15H9BrO3S/c16-14-10-4-2-1-3-9(10)5-6-11(14)19-13-8-7-12(20-13)15(17)18/h1-8H,(H,17,18). The predicted molar refractivity (Wildman–Crippen MR) is 83.0 cm³/mol. The monoisotopic (exact) mass is 348 g/mol. The Hall–Kier alpha value is -1.85. The summed E-state index contributed by atoms with van der Waals surface area (Å²) in [6, 6.07) is 15.0. The zero-order chi connectivity index (χ0) is 14.1. The van der Waals surface area contributed by atoms with E-state index < -0.39 is 5.97 Å². The summed E-state index contributed by atoms with van der Waals surface area (Å²) in [6.45, 7) is 0. The molecule has 0 fully saturated rings. The van der Waals surface area contributed by atoms with Gasteiger partial charge in [-0.3, -0.25) is 0 Å². The van der Waals surface area contributed by atoms with E-state index in [9.17, 15) is 4.79 Å². The third kappa shape index (κ3) is 2.42. The van der Waals surface area contributed by atoms with E-state index in [1.54, 1.807) is 6.07 Å². The number of hydrogen-bond donors (Lipinski definition) is 1. The first kappa shape index (κ1) is 13.1. The molecule has 3 aromatic rings. The highest BCUT2D eigenvalue weighted by Crippen LogP contribution is 2.37. The van der Waals surface area contributed by atoms with Crippen LogP contribution in [0.15, 0.2) is 53.0 Å². The molecule has 1 heterocycles. The van der Waals surface area contributed by atoms with Crippen molar-refractivity contribution in [2.45, 2.75) is 0 Å². The summed E-state index contributed by atoms with van der Waals surface area (Å²) < 4.78 is 6.62. The van der Waals surface area contributed by atoms with Gasteiger partial charge in [-0.1, -0.05) is 41.7 Å². The summed E-state index contributed by atoms with van der Waals surface area (Å²) in [5, 5.41) is 11.6. The smallest absolute Gasteiger partial charge is 0.345 e. The van der Waals surface area contributed by atoms with E-state index in [2.05, 4.69) is 15.9 Å². The van der Waals surface area contributed by atoms with Crippen LogP contribution < -0.4 is 4.74 Å². The van der Waals surface area contributed by atoms with Gasteiger partial charge in [-0.2, -0.15) is 0 Å². The number of fused-ring (bicyclic) bond motifs is 1. The molecule has 0 atom stereocenters. The molecule has 0 radical (unpaired) electrons.